The van der Waals surface area contributed by atoms with Crippen LogP contribution in [0.15, 0.2) is 18.2 Å². The van der Waals surface area contributed by atoms with Gasteiger partial charge in [-0.25, -0.2) is 4.39 Å². The zero-order valence-corrected chi connectivity index (χ0v) is 9.99. The number of Topliss-reactive ketones (excluding diaryl/α,β-unsaturated/α-hetero) is 1. The molecule has 1 aliphatic carbocycles. The summed E-state index contributed by atoms with van der Waals surface area (Å²) >= 11 is 0. The van der Waals surface area contributed by atoms with Crippen LogP contribution < -0.4 is 4.90 Å². The second-order valence-electron chi connectivity index (χ2n) is 4.95. The third kappa shape index (κ3) is 1.72. The molecule has 1 aliphatic heterocycles. The summed E-state index contributed by atoms with van der Waals surface area (Å²) in [6.45, 7) is 0.423. The molecule has 0 unspecified atom stereocenters. The number of ketones is 1. The van der Waals surface area contributed by atoms with Gasteiger partial charge in [0.2, 0.25) is 5.91 Å². The number of hydrogen-bond donors (Lipinski definition) is 0. The standard InChI is InChI=1S/C14H14FNO2/c15-10-4-5-12-11(8-10)13(17)6-7-16(12)14(18)9-2-1-3-9/h4-5,8-9H,1-3,6-7H2. The van der Waals surface area contributed by atoms with Crippen molar-refractivity contribution in [2.75, 3.05) is 11.4 Å². The van der Waals surface area contributed by atoms with Crippen LogP contribution in [0, 0.1) is 11.7 Å². The number of rotatable bonds is 1. The van der Waals surface area contributed by atoms with Gasteiger partial charge in [0.05, 0.1) is 5.69 Å². The summed E-state index contributed by atoms with van der Waals surface area (Å²) in [6, 6.07) is 4.08. The van der Waals surface area contributed by atoms with E-state index in [9.17, 15) is 14.0 Å². The molecule has 0 saturated heterocycles. The third-order valence-electron chi connectivity index (χ3n) is 3.83. The molecule has 4 heteroatoms. The largest absolute Gasteiger partial charge is 0.311 e. The summed E-state index contributed by atoms with van der Waals surface area (Å²) in [6.07, 6.45) is 3.24. The predicted octanol–water partition coefficient (Wildman–Crippen LogP) is 2.55. The molecular formula is C14H14FNO2. The van der Waals surface area contributed by atoms with Crippen LogP contribution in [0.25, 0.3) is 0 Å². The SMILES string of the molecule is O=C1CCN(C(=O)C2CCC2)c2ccc(F)cc21. The van der Waals surface area contributed by atoms with Gasteiger partial charge < -0.3 is 4.90 Å². The number of carbonyl (C=O) groups is 2. The zero-order chi connectivity index (χ0) is 12.7. The van der Waals surface area contributed by atoms with Crippen molar-refractivity contribution in [1.82, 2.24) is 0 Å². The highest BCUT2D eigenvalue weighted by Gasteiger charge is 2.34. The van der Waals surface area contributed by atoms with Gasteiger partial charge in [0.25, 0.3) is 0 Å². The van der Waals surface area contributed by atoms with E-state index < -0.39 is 5.82 Å². The minimum Gasteiger partial charge on any atom is -0.311 e. The molecule has 94 valence electrons. The number of halogens is 1. The monoisotopic (exact) mass is 247 g/mol. The molecule has 1 amide bonds. The van der Waals surface area contributed by atoms with Crippen LogP contribution in [-0.2, 0) is 4.79 Å². The van der Waals surface area contributed by atoms with Gasteiger partial charge in [-0.3, -0.25) is 9.59 Å². The lowest BCUT2D eigenvalue weighted by Crippen LogP contribution is -2.43. The van der Waals surface area contributed by atoms with E-state index in [-0.39, 0.29) is 24.0 Å². The maximum absolute atomic E-state index is 13.2. The van der Waals surface area contributed by atoms with Crippen LogP contribution >= 0.6 is 0 Å². The lowest BCUT2D eigenvalue weighted by Gasteiger charge is -2.34. The molecule has 18 heavy (non-hydrogen) atoms. The topological polar surface area (TPSA) is 37.4 Å². The van der Waals surface area contributed by atoms with Crippen molar-refractivity contribution < 1.29 is 14.0 Å². The Labute approximate surface area is 105 Å². The molecule has 1 heterocycles. The van der Waals surface area contributed by atoms with E-state index >= 15 is 0 Å². The summed E-state index contributed by atoms with van der Waals surface area (Å²) in [5.41, 5.74) is 0.915. The smallest absolute Gasteiger partial charge is 0.230 e. The number of fused-ring (bicyclic) bond motifs is 1. The average molecular weight is 247 g/mol. The van der Waals surface area contributed by atoms with Crippen molar-refractivity contribution >= 4 is 17.4 Å². The molecular weight excluding hydrogens is 233 g/mol. The summed E-state index contributed by atoms with van der Waals surface area (Å²) in [5.74, 6) is -0.333. The zero-order valence-electron chi connectivity index (χ0n) is 9.99. The first-order valence-corrected chi connectivity index (χ1v) is 6.31. The Morgan fingerprint density at radius 2 is 2.11 bits per heavy atom. The summed E-state index contributed by atoms with van der Waals surface area (Å²) in [5, 5.41) is 0. The number of nitrogens with zero attached hydrogens (tertiary/aromatic N) is 1. The summed E-state index contributed by atoms with van der Waals surface area (Å²) in [4.78, 5) is 25.7. The summed E-state index contributed by atoms with van der Waals surface area (Å²) < 4.78 is 13.2. The van der Waals surface area contributed by atoms with Crippen molar-refractivity contribution in [2.45, 2.75) is 25.7 Å². The first-order valence-electron chi connectivity index (χ1n) is 6.31. The van der Waals surface area contributed by atoms with Crippen LogP contribution in [0.1, 0.15) is 36.0 Å². The van der Waals surface area contributed by atoms with E-state index in [0.29, 0.717) is 17.8 Å². The summed E-state index contributed by atoms with van der Waals surface area (Å²) in [7, 11) is 0. The van der Waals surface area contributed by atoms with Crippen LogP contribution in [0.5, 0.6) is 0 Å². The van der Waals surface area contributed by atoms with E-state index in [0.717, 1.165) is 19.3 Å². The van der Waals surface area contributed by atoms with Gasteiger partial charge in [-0.2, -0.15) is 0 Å². The Hall–Kier alpha value is -1.71. The third-order valence-corrected chi connectivity index (χ3v) is 3.83. The second-order valence-corrected chi connectivity index (χ2v) is 4.95. The van der Waals surface area contributed by atoms with Crippen molar-refractivity contribution in [3.8, 4) is 0 Å². The van der Waals surface area contributed by atoms with E-state index in [1.54, 1.807) is 4.90 Å². The highest BCUT2D eigenvalue weighted by Crippen LogP contribution is 2.34. The van der Waals surface area contributed by atoms with Gasteiger partial charge in [-0.15, -0.1) is 0 Å². The lowest BCUT2D eigenvalue weighted by molar-refractivity contribution is -0.124. The van der Waals surface area contributed by atoms with E-state index in [4.69, 9.17) is 0 Å². The molecule has 0 aromatic heterocycles. The van der Waals surface area contributed by atoms with E-state index in [2.05, 4.69) is 0 Å². The fraction of sp³-hybridized carbons (Fsp3) is 0.429. The second kappa shape index (κ2) is 4.19. The molecule has 1 fully saturated rings. The Morgan fingerprint density at radius 3 is 2.78 bits per heavy atom. The maximum atomic E-state index is 13.2. The number of anilines is 1. The molecule has 1 aromatic carbocycles. The maximum Gasteiger partial charge on any atom is 0.230 e. The predicted molar refractivity (Wildman–Crippen MR) is 65.0 cm³/mol. The Bertz CT molecular complexity index is 523. The molecule has 3 rings (SSSR count). The van der Waals surface area contributed by atoms with Gasteiger partial charge in [0, 0.05) is 24.4 Å². The van der Waals surface area contributed by atoms with Crippen LogP contribution in [0.4, 0.5) is 10.1 Å². The molecule has 0 spiro atoms. The first-order chi connectivity index (χ1) is 8.66. The van der Waals surface area contributed by atoms with Gasteiger partial charge >= 0.3 is 0 Å². The van der Waals surface area contributed by atoms with Gasteiger partial charge in [-0.1, -0.05) is 6.42 Å². The molecule has 0 atom stereocenters. The van der Waals surface area contributed by atoms with E-state index in [1.165, 1.54) is 18.2 Å². The van der Waals surface area contributed by atoms with Crippen molar-refractivity contribution in [3.63, 3.8) is 0 Å². The number of hydrogen-bond acceptors (Lipinski definition) is 2. The molecule has 1 aromatic rings. The molecule has 0 radical (unpaired) electrons. The Kier molecular flexibility index (Phi) is 2.65. The molecule has 0 N–H and O–H groups in total. The normalized spacial score (nSPS) is 19.4. The van der Waals surface area contributed by atoms with Gasteiger partial charge in [0.15, 0.2) is 5.78 Å². The first kappa shape index (κ1) is 11.4. The molecule has 2 aliphatic rings. The van der Waals surface area contributed by atoms with E-state index in [1.807, 2.05) is 0 Å². The fourth-order valence-electron chi connectivity index (χ4n) is 2.54. The van der Waals surface area contributed by atoms with Crippen molar-refractivity contribution in [3.05, 3.63) is 29.6 Å². The van der Waals surface area contributed by atoms with Crippen LogP contribution in [-0.4, -0.2) is 18.2 Å². The lowest BCUT2D eigenvalue weighted by atomic mass is 9.83. The quantitative estimate of drug-likeness (QED) is 0.764. The Balaban J connectivity index is 1.97. The average Bonchev–Trinajstić information content (AvgIpc) is 2.28. The highest BCUT2D eigenvalue weighted by molar-refractivity contribution is 6.09. The Morgan fingerprint density at radius 1 is 1.33 bits per heavy atom. The van der Waals surface area contributed by atoms with Crippen molar-refractivity contribution in [2.24, 2.45) is 5.92 Å². The molecule has 3 nitrogen and oxygen atoms in total. The number of benzene rings is 1. The fourth-order valence-corrected chi connectivity index (χ4v) is 2.54. The van der Waals surface area contributed by atoms with Crippen LogP contribution in [0.2, 0.25) is 0 Å². The van der Waals surface area contributed by atoms with Crippen molar-refractivity contribution in [1.29, 1.82) is 0 Å². The molecule has 0 bridgehead atoms. The number of amides is 1. The minimum atomic E-state index is -0.431. The highest BCUT2D eigenvalue weighted by atomic mass is 19.1. The minimum absolute atomic E-state index is 0.0813. The number of carbonyl (C=O) groups excluding carboxylic acids is 2. The van der Waals surface area contributed by atoms with Crippen LogP contribution in [0.3, 0.4) is 0 Å². The molecule has 1 saturated carbocycles. The van der Waals surface area contributed by atoms with Gasteiger partial charge in [-0.05, 0) is 31.0 Å². The van der Waals surface area contributed by atoms with Gasteiger partial charge in [0.1, 0.15) is 5.82 Å².